The van der Waals surface area contributed by atoms with E-state index in [0.29, 0.717) is 11.1 Å². The van der Waals surface area contributed by atoms with Gasteiger partial charge < -0.3 is 10.6 Å². The second-order valence-electron chi connectivity index (χ2n) is 4.82. The van der Waals surface area contributed by atoms with Crippen molar-refractivity contribution in [2.75, 3.05) is 6.26 Å². The molecule has 0 spiro atoms. The Morgan fingerprint density at radius 3 is 2.80 bits per heavy atom. The fourth-order valence-corrected chi connectivity index (χ4v) is 3.22. The molecule has 1 aromatic carbocycles. The van der Waals surface area contributed by atoms with Crippen LogP contribution in [-0.4, -0.2) is 23.4 Å². The van der Waals surface area contributed by atoms with E-state index in [2.05, 4.69) is 10.3 Å². The van der Waals surface area contributed by atoms with Crippen LogP contribution in [0.15, 0.2) is 34.7 Å². The van der Waals surface area contributed by atoms with Crippen molar-refractivity contribution in [2.24, 2.45) is 0 Å². The largest absolute Gasteiger partial charge is 0.415 e. The number of nitrogens with one attached hydrogen (secondary N) is 2. The minimum absolute atomic E-state index is 0.00236. The van der Waals surface area contributed by atoms with Crippen LogP contribution in [0.2, 0.25) is 0 Å². The van der Waals surface area contributed by atoms with Gasteiger partial charge in [-0.15, -0.1) is 23.1 Å². The van der Waals surface area contributed by atoms with E-state index in [1.54, 1.807) is 18.2 Å². The minimum atomic E-state index is -4.65. The molecule has 2 N–H and O–H groups in total. The first-order valence-corrected chi connectivity index (χ1v) is 9.03. The van der Waals surface area contributed by atoms with Gasteiger partial charge in [0.2, 0.25) is 0 Å². The summed E-state index contributed by atoms with van der Waals surface area (Å²) in [4.78, 5) is 16.2. The van der Waals surface area contributed by atoms with E-state index < -0.39 is 18.2 Å². The van der Waals surface area contributed by atoms with Gasteiger partial charge in [-0.1, -0.05) is 6.07 Å². The van der Waals surface area contributed by atoms with Crippen LogP contribution in [0, 0.1) is 11.3 Å². The van der Waals surface area contributed by atoms with Crippen molar-refractivity contribution in [3.05, 3.63) is 45.9 Å². The maximum Gasteiger partial charge on any atom is 0.415 e. The Morgan fingerprint density at radius 2 is 2.24 bits per heavy atom. The number of nitriles is 1. The third kappa shape index (κ3) is 5.11. The molecule has 0 aliphatic heterocycles. The second kappa shape index (κ2) is 8.22. The van der Waals surface area contributed by atoms with Gasteiger partial charge in [0.1, 0.15) is 11.1 Å². The molecule has 2 amide bonds. The quantitative estimate of drug-likeness (QED) is 0.766. The van der Waals surface area contributed by atoms with Crippen LogP contribution in [-0.2, 0) is 6.54 Å². The van der Waals surface area contributed by atoms with Gasteiger partial charge >= 0.3 is 12.2 Å². The number of aromatic nitrogens is 1. The van der Waals surface area contributed by atoms with E-state index in [1.807, 2.05) is 17.6 Å². The normalized spacial score (nSPS) is 12.3. The molecule has 0 radical (unpaired) electrons. The number of rotatable bonds is 5. The molecular formula is C15H13F3N4OS2. The number of carbonyl (C=O) groups excluding carboxylic acids is 1. The number of halogens is 3. The highest BCUT2D eigenvalue weighted by Crippen LogP contribution is 2.33. The Morgan fingerprint density at radius 1 is 1.48 bits per heavy atom. The molecule has 0 bridgehead atoms. The Bertz CT molecular complexity index is 772. The summed E-state index contributed by atoms with van der Waals surface area (Å²) in [6, 6.07) is 3.93. The van der Waals surface area contributed by atoms with Crippen molar-refractivity contribution in [3.8, 4) is 6.07 Å². The zero-order valence-electron chi connectivity index (χ0n) is 12.9. The molecule has 1 heterocycles. The monoisotopic (exact) mass is 386 g/mol. The SMILES string of the molecule is CSc1ccc(CNC(=O)NC(c2nccs2)C(F)(F)F)cc1C#N. The third-order valence-electron chi connectivity index (χ3n) is 3.14. The first-order valence-electron chi connectivity index (χ1n) is 6.92. The standard InChI is InChI=1S/C15H13F3N4OS2/c1-24-11-3-2-9(6-10(11)7-19)8-21-14(23)22-12(15(16,17)18)13-20-4-5-25-13/h2-6,12H,8H2,1H3,(H2,21,22,23). The van der Waals surface area contributed by atoms with Gasteiger partial charge in [-0.2, -0.15) is 18.4 Å². The number of hydrogen-bond acceptors (Lipinski definition) is 5. The van der Waals surface area contributed by atoms with Gasteiger partial charge in [-0.3, -0.25) is 0 Å². The number of urea groups is 1. The molecule has 25 heavy (non-hydrogen) atoms. The van der Waals surface area contributed by atoms with Gasteiger partial charge in [0.25, 0.3) is 0 Å². The molecule has 0 aliphatic rings. The fraction of sp³-hybridized carbons (Fsp3) is 0.267. The molecule has 0 saturated heterocycles. The number of carbonyl (C=O) groups is 1. The number of amides is 2. The Balaban J connectivity index is 2.01. The Kier molecular flexibility index (Phi) is 6.27. The number of nitrogens with zero attached hydrogens (tertiary/aromatic N) is 2. The summed E-state index contributed by atoms with van der Waals surface area (Å²) in [6.45, 7) is -0.00236. The third-order valence-corrected chi connectivity index (χ3v) is 4.77. The lowest BCUT2D eigenvalue weighted by molar-refractivity contribution is -0.154. The van der Waals surface area contributed by atoms with Crippen LogP contribution in [0.5, 0.6) is 0 Å². The number of thioether (sulfide) groups is 1. The van der Waals surface area contributed by atoms with Crippen molar-refractivity contribution >= 4 is 29.1 Å². The first-order chi connectivity index (χ1) is 11.8. The zero-order valence-corrected chi connectivity index (χ0v) is 14.6. The number of hydrogen-bond donors (Lipinski definition) is 2. The molecule has 0 fully saturated rings. The van der Waals surface area contributed by atoms with Crippen molar-refractivity contribution in [1.29, 1.82) is 5.26 Å². The molecule has 2 aromatic rings. The topological polar surface area (TPSA) is 77.8 Å². The summed E-state index contributed by atoms with van der Waals surface area (Å²) >= 11 is 2.22. The summed E-state index contributed by atoms with van der Waals surface area (Å²) in [5.74, 6) is 0. The highest BCUT2D eigenvalue weighted by atomic mass is 32.2. The smallest absolute Gasteiger partial charge is 0.334 e. The van der Waals surface area contributed by atoms with Gasteiger partial charge in [0.15, 0.2) is 6.04 Å². The van der Waals surface area contributed by atoms with Gasteiger partial charge in [-0.05, 0) is 24.0 Å². The van der Waals surface area contributed by atoms with E-state index in [1.165, 1.54) is 23.3 Å². The summed E-state index contributed by atoms with van der Waals surface area (Å²) in [5.41, 5.74) is 1.06. The zero-order chi connectivity index (χ0) is 18.4. The van der Waals surface area contributed by atoms with E-state index in [9.17, 15) is 18.0 Å². The number of benzene rings is 1. The predicted octanol–water partition coefficient (Wildman–Crippen LogP) is 3.84. The molecule has 0 aliphatic carbocycles. The lowest BCUT2D eigenvalue weighted by atomic mass is 10.1. The lowest BCUT2D eigenvalue weighted by Crippen LogP contribution is -2.43. The van der Waals surface area contributed by atoms with Crippen molar-refractivity contribution in [1.82, 2.24) is 15.6 Å². The summed E-state index contributed by atoms with van der Waals surface area (Å²) in [7, 11) is 0. The summed E-state index contributed by atoms with van der Waals surface area (Å²) in [6.07, 6.45) is -1.57. The number of alkyl halides is 3. The molecule has 10 heteroatoms. The summed E-state index contributed by atoms with van der Waals surface area (Å²) < 4.78 is 39.2. The summed E-state index contributed by atoms with van der Waals surface area (Å²) in [5, 5.41) is 14.5. The van der Waals surface area contributed by atoms with E-state index >= 15 is 0 Å². The van der Waals surface area contributed by atoms with Crippen LogP contribution in [0.1, 0.15) is 22.2 Å². The van der Waals surface area contributed by atoms with E-state index in [-0.39, 0.29) is 11.6 Å². The van der Waals surface area contributed by atoms with Crippen LogP contribution >= 0.6 is 23.1 Å². The van der Waals surface area contributed by atoms with Crippen LogP contribution < -0.4 is 10.6 Å². The van der Waals surface area contributed by atoms with E-state index in [4.69, 9.17) is 5.26 Å². The van der Waals surface area contributed by atoms with Gasteiger partial charge in [0, 0.05) is 23.0 Å². The van der Waals surface area contributed by atoms with Crippen molar-refractivity contribution in [3.63, 3.8) is 0 Å². The molecule has 1 aromatic heterocycles. The Hall–Kier alpha value is -2.25. The van der Waals surface area contributed by atoms with Crippen LogP contribution in [0.4, 0.5) is 18.0 Å². The Labute approximate surface area is 150 Å². The highest BCUT2D eigenvalue weighted by molar-refractivity contribution is 7.98. The predicted molar refractivity (Wildman–Crippen MR) is 89.2 cm³/mol. The molecule has 1 unspecified atom stereocenters. The lowest BCUT2D eigenvalue weighted by Gasteiger charge is -2.19. The minimum Gasteiger partial charge on any atom is -0.334 e. The molecular weight excluding hydrogens is 373 g/mol. The molecule has 0 saturated carbocycles. The highest BCUT2D eigenvalue weighted by Gasteiger charge is 2.43. The molecule has 5 nitrogen and oxygen atoms in total. The average Bonchev–Trinajstić information content (AvgIpc) is 3.10. The molecule has 132 valence electrons. The van der Waals surface area contributed by atoms with Crippen LogP contribution in [0.3, 0.4) is 0 Å². The molecule has 2 rings (SSSR count). The first kappa shape index (κ1) is 19.1. The fourth-order valence-electron chi connectivity index (χ4n) is 1.98. The molecule has 1 atom stereocenters. The van der Waals surface area contributed by atoms with Crippen molar-refractivity contribution in [2.45, 2.75) is 23.7 Å². The van der Waals surface area contributed by atoms with Gasteiger partial charge in [0.05, 0.1) is 5.56 Å². The second-order valence-corrected chi connectivity index (χ2v) is 6.59. The average molecular weight is 386 g/mol. The van der Waals surface area contributed by atoms with Gasteiger partial charge in [-0.25, -0.2) is 9.78 Å². The van der Waals surface area contributed by atoms with Crippen molar-refractivity contribution < 1.29 is 18.0 Å². The van der Waals surface area contributed by atoms with E-state index in [0.717, 1.165) is 16.2 Å². The maximum atomic E-state index is 13.1. The maximum absolute atomic E-state index is 13.1. The van der Waals surface area contributed by atoms with Crippen LogP contribution in [0.25, 0.3) is 0 Å². The number of thiazole rings is 1.